The van der Waals surface area contributed by atoms with Crippen LogP contribution in [0.4, 0.5) is 45.5 Å². The number of hydrogen-bond donors (Lipinski definition) is 2. The molecule has 0 aliphatic rings. The summed E-state index contributed by atoms with van der Waals surface area (Å²) >= 11 is 11.8. The van der Waals surface area contributed by atoms with Crippen molar-refractivity contribution in [2.24, 2.45) is 40.9 Å². The van der Waals surface area contributed by atoms with Gasteiger partial charge in [-0.15, -0.1) is 0 Å². The summed E-state index contributed by atoms with van der Waals surface area (Å²) < 4.78 is 17.6. The largest absolute Gasteiger partial charge is 0.508 e. The fourth-order valence-electron chi connectivity index (χ4n) is 8.33. The molecule has 0 saturated heterocycles. The van der Waals surface area contributed by atoms with Gasteiger partial charge in [0.15, 0.2) is 75.8 Å². The predicted octanol–water partition coefficient (Wildman–Crippen LogP) is 13.4. The van der Waals surface area contributed by atoms with Gasteiger partial charge in [0.2, 0.25) is 12.7 Å². The van der Waals surface area contributed by atoms with Crippen molar-refractivity contribution in [3.63, 3.8) is 0 Å². The first-order valence-corrected chi connectivity index (χ1v) is 27.8. The number of phenolic OH excluding ortho intramolecular Hbond substituents is 2. The van der Waals surface area contributed by atoms with Crippen molar-refractivity contribution in [3.8, 4) is 11.5 Å². The Morgan fingerprint density at radius 3 is 0.793 bits per heavy atom. The first-order chi connectivity index (χ1) is 40.2. The van der Waals surface area contributed by atoms with Gasteiger partial charge in [0.1, 0.15) is 36.3 Å². The lowest BCUT2D eigenvalue weighted by Crippen LogP contribution is -2.37. The monoisotopic (exact) mass is 1130 g/mol. The molecule has 0 bridgehead atoms. The van der Waals surface area contributed by atoms with Crippen molar-refractivity contribution in [1.29, 1.82) is 0 Å². The zero-order valence-corrected chi connectivity index (χ0v) is 46.7. The van der Waals surface area contributed by atoms with Gasteiger partial charge in [-0.25, -0.2) is 36.5 Å². The van der Waals surface area contributed by atoms with Gasteiger partial charge < -0.3 is 10.2 Å². The van der Waals surface area contributed by atoms with Crippen LogP contribution in [-0.2, 0) is 52.4 Å². The summed E-state index contributed by atoms with van der Waals surface area (Å²) in [6, 6.07) is 43.5. The van der Waals surface area contributed by atoms with Crippen LogP contribution in [0.5, 0.6) is 11.5 Å². The number of rotatable bonds is 24. The highest BCUT2D eigenvalue weighted by Gasteiger charge is 2.11. The van der Waals surface area contributed by atoms with Crippen LogP contribution in [0.3, 0.4) is 0 Å². The van der Waals surface area contributed by atoms with E-state index >= 15 is 0 Å². The Balaban J connectivity index is 0.000000198. The van der Waals surface area contributed by atoms with Gasteiger partial charge in [0, 0.05) is 84.3 Å². The number of nitrogens with zero attached hydrogens (tertiary/aromatic N) is 16. The lowest BCUT2D eigenvalue weighted by molar-refractivity contribution is -0.726. The fourth-order valence-corrected chi connectivity index (χ4v) is 8.58. The molecular weight excluding hydrogens is 1070 g/mol. The van der Waals surface area contributed by atoms with E-state index < -0.39 is 0 Å². The number of hydrogen-bond acceptors (Lipinski definition) is 10. The van der Waals surface area contributed by atoms with Gasteiger partial charge in [-0.3, -0.25) is 0 Å². The molecule has 6 heterocycles. The van der Waals surface area contributed by atoms with E-state index in [1.165, 1.54) is 0 Å². The zero-order chi connectivity index (χ0) is 56.6. The van der Waals surface area contributed by atoms with Crippen LogP contribution in [0.25, 0.3) is 0 Å². The molecule has 0 spiro atoms. The molecule has 10 aromatic rings. The number of pyridine rings is 4. The number of imidazole rings is 2. The van der Waals surface area contributed by atoms with Crippen molar-refractivity contribution in [2.75, 3.05) is 0 Å². The van der Waals surface area contributed by atoms with E-state index in [-0.39, 0.29) is 11.5 Å². The molecule has 2 N–H and O–H groups in total. The Labute approximate surface area is 486 Å². The average molecular weight is 1140 g/mol. The highest BCUT2D eigenvalue weighted by Crippen LogP contribution is 2.23. The number of benzene rings is 4. The summed E-state index contributed by atoms with van der Waals surface area (Å²) in [5, 5.41) is 54.1. The molecule has 0 amide bonds. The van der Waals surface area contributed by atoms with E-state index in [0.717, 1.165) is 112 Å². The Hall–Kier alpha value is -9.52. The van der Waals surface area contributed by atoms with E-state index in [9.17, 15) is 10.2 Å². The molecule has 0 aliphatic heterocycles. The summed E-state index contributed by atoms with van der Waals surface area (Å²) in [6.45, 7) is 7.48. The van der Waals surface area contributed by atoms with E-state index in [2.05, 4.69) is 115 Å². The zero-order valence-electron chi connectivity index (χ0n) is 45.2. The van der Waals surface area contributed by atoms with Gasteiger partial charge in [0.05, 0.1) is 71.7 Å². The first kappa shape index (κ1) is 57.2. The normalized spacial score (nSPS) is 11.5. The number of phenols is 2. The van der Waals surface area contributed by atoms with E-state index in [1.54, 1.807) is 72.8 Å². The molecule has 0 fully saturated rings. The van der Waals surface area contributed by atoms with Gasteiger partial charge >= 0.3 is 0 Å². The molecule has 0 radical (unpaired) electrons. The van der Waals surface area contributed by atoms with Crippen molar-refractivity contribution >= 4 is 68.7 Å². The van der Waals surface area contributed by atoms with Crippen LogP contribution < -0.4 is 27.4 Å². The molecular formula is C62H64Cl2N16O2+6. The predicted molar refractivity (Wildman–Crippen MR) is 310 cm³/mol. The SMILES string of the molecule is Clc1ccc(N=Nc2cc[n+](CCCn3cc[n+](CCC[n+]4ccc(N=Nc5ccc(Cl)cc5)cc4)c3)cc2)cc1.Oc1ccc(N=Nc2cc[n+](CCCn3cc[n+](CCC[n+]4ccc(N=Nc5ccc(O)cc5)cc4)c3)cc2)cc1. The minimum Gasteiger partial charge on any atom is -0.508 e. The molecule has 18 nitrogen and oxygen atoms in total. The van der Waals surface area contributed by atoms with Crippen LogP contribution in [0.2, 0.25) is 10.0 Å². The molecule has 0 unspecified atom stereocenters. The highest BCUT2D eigenvalue weighted by atomic mass is 35.5. The molecule has 6 aromatic heterocycles. The number of azo groups is 4. The van der Waals surface area contributed by atoms with Crippen molar-refractivity contribution in [3.05, 3.63) is 243 Å². The standard InChI is InChI=1S/C31H31Cl2N8.C31H31N8O2/c32-26-3-7-28(8-4-26)34-36-30-11-19-38(20-12-30)15-1-17-40-23-24-41(25-40)18-2-16-39-21-13-31(14-22-39)37-35-29-9-5-27(33)6-10-29;40-30-7-3-26(4-8-30)32-34-28-11-19-36(20-12-28)15-1-17-38-23-24-39(25-38)18-2-16-37-21-13-29(14-22-37)35-33-27-5-9-31(41)10-6-27/h2*3-14,19-25H,1-2,15-18H2/q+3;+1/p+2. The van der Waals surface area contributed by atoms with Gasteiger partial charge in [-0.05, 0) is 97.1 Å². The minimum atomic E-state index is 0.213. The third-order valence-corrected chi connectivity index (χ3v) is 13.3. The maximum atomic E-state index is 9.35. The second-order valence-corrected chi connectivity index (χ2v) is 20.0. The van der Waals surface area contributed by atoms with Crippen LogP contribution >= 0.6 is 23.2 Å². The fraction of sp³-hybridized carbons (Fsp3) is 0.194. The van der Waals surface area contributed by atoms with Crippen molar-refractivity contribution in [2.45, 2.75) is 78.0 Å². The molecule has 0 aliphatic carbocycles. The molecule has 412 valence electrons. The molecule has 82 heavy (non-hydrogen) atoms. The summed E-state index contributed by atoms with van der Waals surface area (Å²) in [4.78, 5) is 0. The Morgan fingerprint density at radius 2 is 0.512 bits per heavy atom. The number of aromatic hydroxyl groups is 2. The summed E-state index contributed by atoms with van der Waals surface area (Å²) in [7, 11) is 0. The van der Waals surface area contributed by atoms with Crippen LogP contribution in [0.15, 0.2) is 274 Å². The number of aryl methyl sites for hydroxylation is 8. The third-order valence-electron chi connectivity index (χ3n) is 12.8. The second-order valence-electron chi connectivity index (χ2n) is 19.2. The Morgan fingerprint density at radius 1 is 0.280 bits per heavy atom. The average Bonchev–Trinajstić information content (AvgIpc) is 4.19. The molecule has 4 aromatic carbocycles. The molecule has 20 heteroatoms. The number of aromatic nitrogens is 8. The Kier molecular flexibility index (Phi) is 21.0. The van der Waals surface area contributed by atoms with E-state index in [0.29, 0.717) is 21.4 Å². The quantitative estimate of drug-likeness (QED) is 0.0453. The maximum Gasteiger partial charge on any atom is 0.243 e. The minimum absolute atomic E-state index is 0.213. The highest BCUT2D eigenvalue weighted by molar-refractivity contribution is 6.30. The van der Waals surface area contributed by atoms with Gasteiger partial charge in [-0.1, -0.05) is 23.2 Å². The Bertz CT molecular complexity index is 3160. The van der Waals surface area contributed by atoms with E-state index in [4.69, 9.17) is 23.2 Å². The number of halogens is 2. The van der Waals surface area contributed by atoms with Crippen LogP contribution in [-0.4, -0.2) is 19.3 Å². The molecule has 10 rings (SSSR count). The first-order valence-electron chi connectivity index (χ1n) is 27.0. The van der Waals surface area contributed by atoms with Crippen molar-refractivity contribution in [1.82, 2.24) is 9.13 Å². The second kappa shape index (κ2) is 30.2. The van der Waals surface area contributed by atoms with E-state index in [1.807, 2.05) is 122 Å². The summed E-state index contributed by atoms with van der Waals surface area (Å²) in [5.41, 5.74) is 6.14. The summed E-state index contributed by atoms with van der Waals surface area (Å²) in [5.74, 6) is 0.427. The summed E-state index contributed by atoms with van der Waals surface area (Å²) in [6.07, 6.45) is 33.2. The van der Waals surface area contributed by atoms with Crippen LogP contribution in [0.1, 0.15) is 25.7 Å². The lowest BCUT2D eigenvalue weighted by atomic mass is 10.3. The van der Waals surface area contributed by atoms with Gasteiger partial charge in [-0.2, -0.15) is 40.9 Å². The van der Waals surface area contributed by atoms with Crippen molar-refractivity contribution < 1.29 is 37.6 Å². The van der Waals surface area contributed by atoms with Crippen LogP contribution in [0, 0.1) is 0 Å². The molecule has 0 saturated carbocycles. The van der Waals surface area contributed by atoms with Gasteiger partial charge in [0.25, 0.3) is 0 Å². The molecule has 0 atom stereocenters. The lowest BCUT2D eigenvalue weighted by Gasteiger charge is -1.98. The topological polar surface area (TPSA) is 172 Å². The smallest absolute Gasteiger partial charge is 0.243 e. The third kappa shape index (κ3) is 19.4. The maximum absolute atomic E-state index is 9.35.